The van der Waals surface area contributed by atoms with Crippen molar-refractivity contribution in [2.24, 2.45) is 0 Å². The van der Waals surface area contributed by atoms with Gasteiger partial charge in [-0.05, 0) is 24.3 Å². The Kier molecular flexibility index (Phi) is 4.99. The average Bonchev–Trinajstić information content (AvgIpc) is 2.60. The molecule has 2 amide bonds. The van der Waals surface area contributed by atoms with Gasteiger partial charge in [0.05, 0.1) is 6.54 Å². The molecule has 0 aromatic heterocycles. The first-order chi connectivity index (χ1) is 11.6. The Morgan fingerprint density at radius 2 is 1.79 bits per heavy atom. The Morgan fingerprint density at radius 3 is 2.54 bits per heavy atom. The number of carbonyl (C=O) groups excluding carboxylic acids is 2. The number of carbonyl (C=O) groups is 2. The quantitative estimate of drug-likeness (QED) is 0.907. The van der Waals surface area contributed by atoms with Gasteiger partial charge in [0.2, 0.25) is 11.8 Å². The fraction of sp³-hybridized carbons (Fsp3) is 0.368. The smallest absolute Gasteiger partial charge is 0.239 e. The zero-order valence-corrected chi connectivity index (χ0v) is 13.9. The maximum Gasteiger partial charge on any atom is 0.239 e. The van der Waals surface area contributed by atoms with Gasteiger partial charge in [-0.1, -0.05) is 36.4 Å². The van der Waals surface area contributed by atoms with Crippen molar-refractivity contribution < 1.29 is 9.59 Å². The molecule has 1 saturated heterocycles. The second-order valence-electron chi connectivity index (χ2n) is 6.23. The van der Waals surface area contributed by atoms with Gasteiger partial charge in [-0.25, -0.2) is 0 Å². The molecular weight excluding hydrogens is 302 g/mol. The van der Waals surface area contributed by atoms with Crippen LogP contribution in [0.25, 0.3) is 10.8 Å². The molecule has 1 heterocycles. The van der Waals surface area contributed by atoms with Crippen LogP contribution in [0, 0.1) is 0 Å². The summed E-state index contributed by atoms with van der Waals surface area (Å²) in [6.45, 7) is 3.28. The second-order valence-corrected chi connectivity index (χ2v) is 6.23. The number of fused-ring (bicyclic) bond motifs is 1. The van der Waals surface area contributed by atoms with Gasteiger partial charge in [-0.3, -0.25) is 9.59 Å². The van der Waals surface area contributed by atoms with E-state index < -0.39 is 0 Å². The standard InChI is InChI=1S/C19H23N3O2/c1-14(23)22-11-9-16(10-12-22)21-19(24)13-20-18-8-4-6-15-5-2-3-7-17(15)18/h2-8,16,20H,9-13H2,1H3,(H,21,24). The number of hydrogen-bond acceptors (Lipinski definition) is 3. The van der Waals surface area contributed by atoms with Crippen LogP contribution in [-0.2, 0) is 9.59 Å². The molecule has 5 heteroatoms. The van der Waals surface area contributed by atoms with E-state index in [4.69, 9.17) is 0 Å². The maximum absolute atomic E-state index is 12.2. The minimum Gasteiger partial charge on any atom is -0.376 e. The normalized spacial score (nSPS) is 15.3. The number of piperidine rings is 1. The average molecular weight is 325 g/mol. The van der Waals surface area contributed by atoms with Crippen molar-refractivity contribution in [3.05, 3.63) is 42.5 Å². The largest absolute Gasteiger partial charge is 0.376 e. The van der Waals surface area contributed by atoms with Crippen LogP contribution in [0.3, 0.4) is 0 Å². The topological polar surface area (TPSA) is 61.4 Å². The van der Waals surface area contributed by atoms with Crippen LogP contribution >= 0.6 is 0 Å². The van der Waals surface area contributed by atoms with Gasteiger partial charge >= 0.3 is 0 Å². The van der Waals surface area contributed by atoms with Gasteiger partial charge in [0, 0.05) is 37.1 Å². The van der Waals surface area contributed by atoms with E-state index in [1.807, 2.05) is 35.2 Å². The van der Waals surface area contributed by atoms with Crippen LogP contribution in [0.2, 0.25) is 0 Å². The summed E-state index contributed by atoms with van der Waals surface area (Å²) >= 11 is 0. The number of rotatable bonds is 4. The number of likely N-dealkylation sites (tertiary alicyclic amines) is 1. The predicted octanol–water partition coefficient (Wildman–Crippen LogP) is 2.38. The van der Waals surface area contributed by atoms with Crippen LogP contribution in [0.5, 0.6) is 0 Å². The summed E-state index contributed by atoms with van der Waals surface area (Å²) in [4.78, 5) is 25.3. The van der Waals surface area contributed by atoms with Crippen molar-refractivity contribution in [2.75, 3.05) is 25.0 Å². The summed E-state index contributed by atoms with van der Waals surface area (Å²) in [6, 6.07) is 14.3. The van der Waals surface area contributed by atoms with Gasteiger partial charge in [-0.15, -0.1) is 0 Å². The molecule has 0 aliphatic carbocycles. The first-order valence-electron chi connectivity index (χ1n) is 8.40. The lowest BCUT2D eigenvalue weighted by Gasteiger charge is -2.31. The van der Waals surface area contributed by atoms with Crippen molar-refractivity contribution in [3.63, 3.8) is 0 Å². The Morgan fingerprint density at radius 1 is 1.08 bits per heavy atom. The number of nitrogens with one attached hydrogen (secondary N) is 2. The molecule has 1 fully saturated rings. The first kappa shape index (κ1) is 16.3. The summed E-state index contributed by atoms with van der Waals surface area (Å²) < 4.78 is 0. The summed E-state index contributed by atoms with van der Waals surface area (Å²) in [5.41, 5.74) is 0.967. The minimum absolute atomic E-state index is 0.00999. The Bertz CT molecular complexity index is 731. The highest BCUT2D eigenvalue weighted by molar-refractivity contribution is 5.95. The fourth-order valence-electron chi connectivity index (χ4n) is 3.17. The molecule has 2 aromatic rings. The summed E-state index contributed by atoms with van der Waals surface area (Å²) in [6.07, 6.45) is 1.64. The molecule has 2 aromatic carbocycles. The number of amides is 2. The van der Waals surface area contributed by atoms with E-state index in [-0.39, 0.29) is 24.4 Å². The van der Waals surface area contributed by atoms with Gasteiger partial charge in [0.1, 0.15) is 0 Å². The van der Waals surface area contributed by atoms with Crippen molar-refractivity contribution in [1.82, 2.24) is 10.2 Å². The van der Waals surface area contributed by atoms with Crippen LogP contribution in [0.1, 0.15) is 19.8 Å². The molecule has 126 valence electrons. The predicted molar refractivity (Wildman–Crippen MR) is 95.9 cm³/mol. The Labute approximate surface area is 142 Å². The molecule has 0 bridgehead atoms. The van der Waals surface area contributed by atoms with E-state index in [0.29, 0.717) is 0 Å². The van der Waals surface area contributed by atoms with Crippen LogP contribution in [-0.4, -0.2) is 42.4 Å². The molecule has 5 nitrogen and oxygen atoms in total. The summed E-state index contributed by atoms with van der Waals surface area (Å²) in [5.74, 6) is 0.0987. The van der Waals surface area contributed by atoms with E-state index in [1.54, 1.807) is 6.92 Å². The van der Waals surface area contributed by atoms with Gasteiger partial charge in [-0.2, -0.15) is 0 Å². The van der Waals surface area contributed by atoms with E-state index in [9.17, 15) is 9.59 Å². The van der Waals surface area contributed by atoms with Crippen LogP contribution in [0.15, 0.2) is 42.5 Å². The SMILES string of the molecule is CC(=O)N1CCC(NC(=O)CNc2cccc3ccccc23)CC1. The third-order valence-electron chi connectivity index (χ3n) is 4.53. The Hall–Kier alpha value is -2.56. The lowest BCUT2D eigenvalue weighted by Crippen LogP contribution is -2.47. The minimum atomic E-state index is -0.00999. The summed E-state index contributed by atoms with van der Waals surface area (Å²) in [7, 11) is 0. The molecular formula is C19H23N3O2. The molecule has 0 atom stereocenters. The molecule has 0 spiro atoms. The number of benzene rings is 2. The van der Waals surface area contributed by atoms with Gasteiger partial charge < -0.3 is 15.5 Å². The lowest BCUT2D eigenvalue weighted by atomic mass is 10.1. The third kappa shape index (κ3) is 3.85. The molecule has 24 heavy (non-hydrogen) atoms. The molecule has 0 unspecified atom stereocenters. The zero-order chi connectivity index (χ0) is 16.9. The highest BCUT2D eigenvalue weighted by atomic mass is 16.2. The highest BCUT2D eigenvalue weighted by Crippen LogP contribution is 2.22. The van der Waals surface area contributed by atoms with E-state index in [1.165, 1.54) is 0 Å². The molecule has 1 aliphatic rings. The van der Waals surface area contributed by atoms with E-state index >= 15 is 0 Å². The van der Waals surface area contributed by atoms with Crippen molar-refractivity contribution in [3.8, 4) is 0 Å². The van der Waals surface area contributed by atoms with Crippen LogP contribution in [0.4, 0.5) is 5.69 Å². The Balaban J connectivity index is 1.52. The molecule has 2 N–H and O–H groups in total. The van der Waals surface area contributed by atoms with Gasteiger partial charge in [0.25, 0.3) is 0 Å². The molecule has 3 rings (SSSR count). The van der Waals surface area contributed by atoms with E-state index in [0.717, 1.165) is 42.4 Å². The van der Waals surface area contributed by atoms with Crippen molar-refractivity contribution in [2.45, 2.75) is 25.8 Å². The number of anilines is 1. The van der Waals surface area contributed by atoms with Crippen molar-refractivity contribution >= 4 is 28.3 Å². The maximum atomic E-state index is 12.2. The monoisotopic (exact) mass is 325 g/mol. The van der Waals surface area contributed by atoms with Crippen LogP contribution < -0.4 is 10.6 Å². The molecule has 0 saturated carbocycles. The zero-order valence-electron chi connectivity index (χ0n) is 13.9. The number of nitrogens with zero attached hydrogens (tertiary/aromatic N) is 1. The summed E-state index contributed by atoms with van der Waals surface area (Å²) in [5, 5.41) is 8.55. The molecule has 1 aliphatic heterocycles. The van der Waals surface area contributed by atoms with Gasteiger partial charge in [0.15, 0.2) is 0 Å². The highest BCUT2D eigenvalue weighted by Gasteiger charge is 2.21. The van der Waals surface area contributed by atoms with E-state index in [2.05, 4.69) is 22.8 Å². The fourth-order valence-corrected chi connectivity index (χ4v) is 3.17. The third-order valence-corrected chi connectivity index (χ3v) is 4.53. The lowest BCUT2D eigenvalue weighted by molar-refractivity contribution is -0.130. The van der Waals surface area contributed by atoms with Crippen molar-refractivity contribution in [1.29, 1.82) is 0 Å². The number of hydrogen-bond donors (Lipinski definition) is 2. The molecule has 0 radical (unpaired) electrons. The second kappa shape index (κ2) is 7.34. The first-order valence-corrected chi connectivity index (χ1v) is 8.40.